The van der Waals surface area contributed by atoms with Gasteiger partial charge in [0.1, 0.15) is 23.4 Å². The first-order valence-electron chi connectivity index (χ1n) is 8.68. The quantitative estimate of drug-likeness (QED) is 0.549. The summed E-state index contributed by atoms with van der Waals surface area (Å²) in [5, 5.41) is 23.2. The number of nitrogens with one attached hydrogen (secondary N) is 1. The number of hydrogen-bond donors (Lipinski definition) is 2. The Kier molecular flexibility index (Phi) is 6.85. The van der Waals surface area contributed by atoms with Crippen LogP contribution in [0.2, 0.25) is 0 Å². The van der Waals surface area contributed by atoms with Gasteiger partial charge in [0.2, 0.25) is 5.88 Å². The molecule has 0 aliphatic carbocycles. The summed E-state index contributed by atoms with van der Waals surface area (Å²) in [7, 11) is 1.35. The predicted octanol–water partition coefficient (Wildman–Crippen LogP) is 2.67. The molecule has 0 aliphatic rings. The fourth-order valence-electron chi connectivity index (χ4n) is 2.28. The van der Waals surface area contributed by atoms with Gasteiger partial charge in [-0.15, -0.1) is 0 Å². The van der Waals surface area contributed by atoms with E-state index in [-0.39, 0.29) is 22.9 Å². The summed E-state index contributed by atoms with van der Waals surface area (Å²) < 4.78 is 10.3. The lowest BCUT2D eigenvalue weighted by Crippen LogP contribution is -2.34. The van der Waals surface area contributed by atoms with Gasteiger partial charge in [0.15, 0.2) is 0 Å². The summed E-state index contributed by atoms with van der Waals surface area (Å²) in [5.74, 6) is -0.319. The number of hydrogen-bond acceptors (Lipinski definition) is 9. The van der Waals surface area contributed by atoms with Crippen LogP contribution < -0.4 is 15.0 Å². The number of aliphatic hydroxyl groups excluding tert-OH is 1. The molecule has 12 heteroatoms. The highest BCUT2D eigenvalue weighted by molar-refractivity contribution is 5.97. The predicted molar refractivity (Wildman–Crippen MR) is 105 cm³/mol. The smallest absolute Gasteiger partial charge is 0.420 e. The van der Waals surface area contributed by atoms with E-state index < -0.39 is 35.0 Å². The van der Waals surface area contributed by atoms with Crippen LogP contribution in [0.25, 0.3) is 0 Å². The number of nitro benzene ring substituents is 1. The number of ether oxygens (including phenoxy) is 2. The molecule has 160 valence electrons. The molecule has 0 unspecified atom stereocenters. The van der Waals surface area contributed by atoms with Crippen molar-refractivity contribution in [2.45, 2.75) is 33.0 Å². The molecule has 0 bridgehead atoms. The fraction of sp³-hybridized carbons (Fsp3) is 0.333. The minimum atomic E-state index is -0.952. The Morgan fingerprint density at radius 3 is 2.53 bits per heavy atom. The van der Waals surface area contributed by atoms with Crippen LogP contribution in [-0.2, 0) is 11.3 Å². The Morgan fingerprint density at radius 1 is 1.27 bits per heavy atom. The summed E-state index contributed by atoms with van der Waals surface area (Å²) in [6, 6.07) is 5.00. The molecule has 0 atom stereocenters. The third-order valence-electron chi connectivity index (χ3n) is 3.49. The van der Waals surface area contributed by atoms with Gasteiger partial charge in [-0.25, -0.2) is 24.5 Å². The molecule has 0 radical (unpaired) electrons. The lowest BCUT2D eigenvalue weighted by atomic mass is 10.1. The molecule has 12 nitrogen and oxygen atoms in total. The highest BCUT2D eigenvalue weighted by Gasteiger charge is 2.31. The molecule has 0 saturated carbocycles. The van der Waals surface area contributed by atoms with Gasteiger partial charge in [-0.1, -0.05) is 6.07 Å². The van der Waals surface area contributed by atoms with Gasteiger partial charge in [-0.05, 0) is 32.4 Å². The lowest BCUT2D eigenvalue weighted by Gasteiger charge is -2.26. The van der Waals surface area contributed by atoms with Crippen molar-refractivity contribution in [1.29, 1.82) is 0 Å². The van der Waals surface area contributed by atoms with E-state index in [1.165, 1.54) is 19.2 Å². The van der Waals surface area contributed by atoms with E-state index in [0.29, 0.717) is 0 Å². The zero-order valence-corrected chi connectivity index (χ0v) is 16.8. The van der Waals surface area contributed by atoms with Crippen molar-refractivity contribution in [3.05, 3.63) is 46.3 Å². The number of rotatable bonds is 5. The Morgan fingerprint density at radius 2 is 1.97 bits per heavy atom. The maximum absolute atomic E-state index is 12.9. The standard InChI is InChI=1S/C18H21N5O7/c1-18(2,3)30-17(26)22(12-6-5-11(9-24)7-13(12)23(27)28)14-8-15(21-10-20-14)29-16(25)19-4/h5-8,10,24H,9H2,1-4H3,(H,19,25). The van der Waals surface area contributed by atoms with Gasteiger partial charge >= 0.3 is 12.2 Å². The van der Waals surface area contributed by atoms with Gasteiger partial charge in [-0.3, -0.25) is 10.1 Å². The van der Waals surface area contributed by atoms with Crippen molar-refractivity contribution < 1.29 is 29.1 Å². The topological polar surface area (TPSA) is 157 Å². The number of anilines is 2. The molecule has 2 amide bonds. The van der Waals surface area contributed by atoms with E-state index in [9.17, 15) is 24.8 Å². The Labute approximate surface area is 171 Å². The number of benzene rings is 1. The number of aliphatic hydroxyl groups is 1. The third-order valence-corrected chi connectivity index (χ3v) is 3.49. The Balaban J connectivity index is 2.63. The molecule has 1 aromatic heterocycles. The Bertz CT molecular complexity index is 958. The minimum Gasteiger partial charge on any atom is -0.443 e. The highest BCUT2D eigenvalue weighted by atomic mass is 16.6. The van der Waals surface area contributed by atoms with Gasteiger partial charge in [0.25, 0.3) is 5.69 Å². The second-order valence-corrected chi connectivity index (χ2v) is 6.91. The molecular formula is C18H21N5O7. The third kappa shape index (κ3) is 5.61. The molecule has 2 rings (SSSR count). The number of nitro groups is 1. The van der Waals surface area contributed by atoms with Crippen LogP contribution in [0.3, 0.4) is 0 Å². The second kappa shape index (κ2) is 9.13. The maximum Gasteiger partial charge on any atom is 0.420 e. The molecule has 0 aliphatic heterocycles. The summed E-state index contributed by atoms with van der Waals surface area (Å²) in [6.07, 6.45) is -0.729. The average Bonchev–Trinajstić information content (AvgIpc) is 2.67. The molecule has 1 heterocycles. The fourth-order valence-corrected chi connectivity index (χ4v) is 2.28. The van der Waals surface area contributed by atoms with Crippen molar-refractivity contribution >= 4 is 29.4 Å². The van der Waals surface area contributed by atoms with Crippen molar-refractivity contribution in [1.82, 2.24) is 15.3 Å². The molecular weight excluding hydrogens is 398 g/mol. The number of carbonyl (C=O) groups excluding carboxylic acids is 2. The zero-order chi connectivity index (χ0) is 22.5. The van der Waals surface area contributed by atoms with Crippen LogP contribution in [0.15, 0.2) is 30.6 Å². The van der Waals surface area contributed by atoms with E-state index in [1.807, 2.05) is 0 Å². The molecule has 0 fully saturated rings. The first kappa shape index (κ1) is 22.5. The van der Waals surface area contributed by atoms with Crippen LogP contribution >= 0.6 is 0 Å². The SMILES string of the molecule is CNC(=O)Oc1cc(N(C(=O)OC(C)(C)C)c2ccc(CO)cc2[N+](=O)[O-])ncn1. The van der Waals surface area contributed by atoms with E-state index in [4.69, 9.17) is 9.47 Å². The van der Waals surface area contributed by atoms with Gasteiger partial charge < -0.3 is 19.9 Å². The van der Waals surface area contributed by atoms with E-state index in [1.54, 1.807) is 20.8 Å². The minimum absolute atomic E-state index is 0.127. The number of carbonyl (C=O) groups is 2. The molecule has 1 aromatic carbocycles. The average molecular weight is 419 g/mol. The monoisotopic (exact) mass is 419 g/mol. The van der Waals surface area contributed by atoms with Crippen LogP contribution in [0.5, 0.6) is 5.88 Å². The van der Waals surface area contributed by atoms with E-state index in [0.717, 1.165) is 23.4 Å². The van der Waals surface area contributed by atoms with Crippen molar-refractivity contribution in [3.63, 3.8) is 0 Å². The van der Waals surface area contributed by atoms with Crippen LogP contribution in [0, 0.1) is 10.1 Å². The first-order valence-corrected chi connectivity index (χ1v) is 8.68. The van der Waals surface area contributed by atoms with Crippen LogP contribution in [0.4, 0.5) is 26.8 Å². The lowest BCUT2D eigenvalue weighted by molar-refractivity contribution is -0.384. The molecule has 0 saturated heterocycles. The van der Waals surface area contributed by atoms with Gasteiger partial charge in [0.05, 0.1) is 11.5 Å². The Hall–Kier alpha value is -3.80. The molecule has 2 N–H and O–H groups in total. The largest absolute Gasteiger partial charge is 0.443 e. The van der Waals surface area contributed by atoms with Crippen molar-refractivity contribution in [3.8, 4) is 5.88 Å². The van der Waals surface area contributed by atoms with Crippen LogP contribution in [0.1, 0.15) is 26.3 Å². The zero-order valence-electron chi connectivity index (χ0n) is 16.8. The highest BCUT2D eigenvalue weighted by Crippen LogP contribution is 2.35. The summed E-state index contributed by atoms with van der Waals surface area (Å²) >= 11 is 0. The molecule has 2 aromatic rings. The summed E-state index contributed by atoms with van der Waals surface area (Å²) in [5.41, 5.74) is -1.25. The van der Waals surface area contributed by atoms with Crippen molar-refractivity contribution in [2.75, 3.05) is 11.9 Å². The molecule has 0 spiro atoms. The first-order chi connectivity index (χ1) is 14.1. The number of aromatic nitrogens is 2. The van der Waals surface area contributed by atoms with Crippen LogP contribution in [-0.4, -0.2) is 44.8 Å². The normalized spacial score (nSPS) is 10.8. The van der Waals surface area contributed by atoms with Gasteiger partial charge in [-0.2, -0.15) is 0 Å². The van der Waals surface area contributed by atoms with E-state index in [2.05, 4.69) is 15.3 Å². The van der Waals surface area contributed by atoms with Crippen molar-refractivity contribution in [2.24, 2.45) is 0 Å². The second-order valence-electron chi connectivity index (χ2n) is 6.91. The summed E-state index contributed by atoms with van der Waals surface area (Å²) in [4.78, 5) is 43.9. The summed E-state index contributed by atoms with van der Waals surface area (Å²) in [6.45, 7) is 4.47. The van der Waals surface area contributed by atoms with Gasteiger partial charge in [0, 0.05) is 19.2 Å². The van der Waals surface area contributed by atoms with E-state index >= 15 is 0 Å². The molecule has 30 heavy (non-hydrogen) atoms. The number of amides is 2. The number of nitrogens with zero attached hydrogens (tertiary/aromatic N) is 4. The maximum atomic E-state index is 12.9.